The number of nitrogens with two attached hydrogens (primary N) is 3. The van der Waals surface area contributed by atoms with Gasteiger partial charge in [0.15, 0.2) is 0 Å². The van der Waals surface area contributed by atoms with Crippen LogP contribution in [-0.4, -0.2) is 0 Å². The lowest BCUT2D eigenvalue weighted by atomic mass is 10.3. The van der Waals surface area contributed by atoms with Gasteiger partial charge in [-0.1, -0.05) is 24.3 Å². The van der Waals surface area contributed by atoms with Crippen molar-refractivity contribution < 1.29 is 0 Å². The zero-order valence-electron chi connectivity index (χ0n) is 9.23. The minimum absolute atomic E-state index is 0.646. The third-order valence-electron chi connectivity index (χ3n) is 2.06. The van der Waals surface area contributed by atoms with Crippen LogP contribution in [0.2, 0.25) is 0 Å². The topological polar surface area (TPSA) is 90.1 Å². The molecule has 0 unspecified atom stereocenters. The van der Waals surface area contributed by atoms with Crippen LogP contribution in [0.4, 0.5) is 22.7 Å². The Morgan fingerprint density at radius 3 is 1.41 bits per heavy atom. The number of rotatable bonds is 1. The van der Waals surface area contributed by atoms with Crippen LogP contribution in [0.1, 0.15) is 0 Å². The first-order chi connectivity index (χ1) is 8.15. The Bertz CT molecular complexity index is 453. The van der Waals surface area contributed by atoms with Crippen molar-refractivity contribution >= 4 is 34.5 Å². The predicted octanol–water partition coefficient (Wildman–Crippen LogP) is 2.69. The number of halogens is 1. The molecule has 0 amide bonds. The van der Waals surface area contributed by atoms with E-state index in [1.807, 2.05) is 30.3 Å². The monoisotopic (exact) mass is 250 g/mol. The van der Waals surface area contributed by atoms with Crippen molar-refractivity contribution in [3.05, 3.63) is 48.5 Å². The molecule has 7 N–H and O–H groups in total. The first-order valence-electron chi connectivity index (χ1n) is 4.96. The molecule has 0 heterocycles. The van der Waals surface area contributed by atoms with Gasteiger partial charge < -0.3 is 17.2 Å². The average molecular weight is 251 g/mol. The first-order valence-corrected chi connectivity index (χ1v) is 5.34. The fourth-order valence-electron chi connectivity index (χ4n) is 1.09. The summed E-state index contributed by atoms with van der Waals surface area (Å²) in [6, 6.07) is 14.6. The lowest BCUT2D eigenvalue weighted by molar-refractivity contribution is 1.66. The predicted molar refractivity (Wildman–Crippen MR) is 75.6 cm³/mol. The van der Waals surface area contributed by atoms with Crippen LogP contribution in [0, 0.1) is 0 Å². The van der Waals surface area contributed by atoms with E-state index < -0.39 is 0 Å². The lowest BCUT2D eigenvalue weighted by Crippen LogP contribution is -1.91. The molecule has 2 aromatic rings. The molecule has 0 aliphatic heterocycles. The van der Waals surface area contributed by atoms with Crippen molar-refractivity contribution in [1.82, 2.24) is 0 Å². The maximum Gasteiger partial charge on any atom is 0.0721 e. The van der Waals surface area contributed by atoms with E-state index in [4.69, 9.17) is 29.0 Å². The molecule has 0 saturated carbocycles. The molecule has 0 aliphatic carbocycles. The molecule has 0 spiro atoms. The summed E-state index contributed by atoms with van der Waals surface area (Å²) in [5.74, 6) is 0. The van der Waals surface area contributed by atoms with E-state index >= 15 is 0 Å². The summed E-state index contributed by atoms with van der Waals surface area (Å²) in [6.07, 6.45) is 0. The fraction of sp³-hybridized carbons (Fsp3) is 0. The average Bonchev–Trinajstić information content (AvgIpc) is 2.34. The normalized spacial score (nSPS) is 9.00. The maximum absolute atomic E-state index is 5.48. The molecule has 0 aliphatic rings. The molecule has 5 heteroatoms. The maximum atomic E-state index is 5.48. The summed E-state index contributed by atoms with van der Waals surface area (Å²) in [7, 11) is 0. The molecule has 90 valence electrons. The van der Waals surface area contributed by atoms with Crippen LogP contribution >= 0.6 is 11.8 Å². The van der Waals surface area contributed by atoms with Crippen molar-refractivity contribution in [1.29, 1.82) is 0 Å². The van der Waals surface area contributed by atoms with Crippen molar-refractivity contribution in [3.63, 3.8) is 0 Å². The van der Waals surface area contributed by atoms with Gasteiger partial charge in [0.25, 0.3) is 0 Å². The van der Waals surface area contributed by atoms with E-state index in [-0.39, 0.29) is 0 Å². The number of nitrogens with one attached hydrogen (secondary N) is 1. The van der Waals surface area contributed by atoms with Crippen LogP contribution in [0.25, 0.3) is 0 Å². The van der Waals surface area contributed by atoms with Gasteiger partial charge in [0.1, 0.15) is 0 Å². The Balaban J connectivity index is 0.000000171. The molecular weight excluding hydrogens is 236 g/mol. The van der Waals surface area contributed by atoms with Crippen LogP contribution in [0.5, 0.6) is 0 Å². The Morgan fingerprint density at radius 1 is 0.706 bits per heavy atom. The molecule has 17 heavy (non-hydrogen) atoms. The van der Waals surface area contributed by atoms with Crippen molar-refractivity contribution in [2.75, 3.05) is 22.0 Å². The third kappa shape index (κ3) is 4.12. The SMILES string of the molecule is Nc1ccccc1N.Nc1ccccc1NCl. The summed E-state index contributed by atoms with van der Waals surface area (Å²) in [4.78, 5) is 2.44. The van der Waals surface area contributed by atoms with Gasteiger partial charge in [0, 0.05) is 11.8 Å². The molecular formula is C12H15ClN4. The Hall–Kier alpha value is -2.07. The van der Waals surface area contributed by atoms with Crippen LogP contribution in [-0.2, 0) is 0 Å². The number of para-hydroxylation sites is 4. The lowest BCUT2D eigenvalue weighted by Gasteiger charge is -1.99. The number of hydrogen-bond acceptors (Lipinski definition) is 4. The van der Waals surface area contributed by atoms with E-state index in [0.29, 0.717) is 17.1 Å². The van der Waals surface area contributed by atoms with Gasteiger partial charge in [-0.2, -0.15) is 0 Å². The van der Waals surface area contributed by atoms with E-state index in [9.17, 15) is 0 Å². The number of nitrogen functional groups attached to an aromatic ring is 3. The highest BCUT2D eigenvalue weighted by atomic mass is 35.5. The van der Waals surface area contributed by atoms with E-state index in [1.54, 1.807) is 18.2 Å². The van der Waals surface area contributed by atoms with Gasteiger partial charge >= 0.3 is 0 Å². The standard InChI is InChI=1S/C6H7ClN2.C6H8N2/c7-9-6-4-2-1-3-5(6)8;7-5-3-1-2-4-6(5)8/h1-4,9H,8H2;1-4H,7-8H2. The molecule has 0 radical (unpaired) electrons. The van der Waals surface area contributed by atoms with Crippen LogP contribution in [0.15, 0.2) is 48.5 Å². The minimum atomic E-state index is 0.646. The van der Waals surface area contributed by atoms with Crippen LogP contribution in [0.3, 0.4) is 0 Å². The first kappa shape index (κ1) is 13.0. The van der Waals surface area contributed by atoms with Crippen molar-refractivity contribution in [3.8, 4) is 0 Å². The highest BCUT2D eigenvalue weighted by Crippen LogP contribution is 2.16. The van der Waals surface area contributed by atoms with Gasteiger partial charge in [-0.05, 0) is 24.3 Å². The van der Waals surface area contributed by atoms with E-state index in [1.165, 1.54) is 0 Å². The molecule has 2 aromatic carbocycles. The minimum Gasteiger partial charge on any atom is -0.397 e. The second kappa shape index (κ2) is 6.50. The zero-order valence-corrected chi connectivity index (χ0v) is 9.98. The highest BCUT2D eigenvalue weighted by molar-refractivity contribution is 6.24. The molecule has 0 saturated heterocycles. The molecule has 4 nitrogen and oxygen atoms in total. The smallest absolute Gasteiger partial charge is 0.0721 e. The van der Waals surface area contributed by atoms with Crippen molar-refractivity contribution in [2.45, 2.75) is 0 Å². The second-order valence-electron chi connectivity index (χ2n) is 3.31. The molecule has 0 fully saturated rings. The zero-order chi connectivity index (χ0) is 12.7. The number of anilines is 4. The number of benzene rings is 2. The summed E-state index contributed by atoms with van der Waals surface area (Å²) in [5, 5.41) is 0. The number of hydrogen-bond donors (Lipinski definition) is 4. The molecule has 0 bridgehead atoms. The van der Waals surface area contributed by atoms with Gasteiger partial charge in [-0.3, -0.25) is 4.84 Å². The van der Waals surface area contributed by atoms with Gasteiger partial charge in [0.2, 0.25) is 0 Å². The molecule has 0 atom stereocenters. The summed E-state index contributed by atoms with van der Waals surface area (Å²) in [5.41, 5.74) is 19.0. The molecule has 2 rings (SSSR count). The third-order valence-corrected chi connectivity index (χ3v) is 2.26. The fourth-order valence-corrected chi connectivity index (χ4v) is 1.27. The van der Waals surface area contributed by atoms with Gasteiger partial charge in [-0.25, -0.2) is 0 Å². The van der Waals surface area contributed by atoms with Crippen molar-refractivity contribution in [2.24, 2.45) is 0 Å². The summed E-state index contributed by atoms with van der Waals surface area (Å²) in [6.45, 7) is 0. The largest absolute Gasteiger partial charge is 0.397 e. The second-order valence-corrected chi connectivity index (χ2v) is 3.50. The van der Waals surface area contributed by atoms with E-state index in [2.05, 4.69) is 4.84 Å². The highest BCUT2D eigenvalue weighted by Gasteiger charge is 1.90. The summed E-state index contributed by atoms with van der Waals surface area (Å²) >= 11 is 5.30. The Morgan fingerprint density at radius 2 is 1.12 bits per heavy atom. The summed E-state index contributed by atoms with van der Waals surface area (Å²) < 4.78 is 0. The van der Waals surface area contributed by atoms with Crippen LogP contribution < -0.4 is 22.0 Å². The van der Waals surface area contributed by atoms with Gasteiger partial charge in [0.05, 0.1) is 22.7 Å². The Kier molecular flexibility index (Phi) is 4.97. The van der Waals surface area contributed by atoms with Gasteiger partial charge in [-0.15, -0.1) is 0 Å². The quantitative estimate of drug-likeness (QED) is 0.463. The van der Waals surface area contributed by atoms with E-state index in [0.717, 1.165) is 5.69 Å². The Labute approximate surface area is 105 Å². The molecule has 0 aromatic heterocycles.